The summed E-state index contributed by atoms with van der Waals surface area (Å²) in [6.07, 6.45) is -6.79. The summed E-state index contributed by atoms with van der Waals surface area (Å²) in [5.41, 5.74) is 1.54. The number of nitrogens with two attached hydrogens (primary N) is 1. The van der Waals surface area contributed by atoms with Gasteiger partial charge in [0, 0.05) is 6.20 Å². The Bertz CT molecular complexity index is 1480. The van der Waals surface area contributed by atoms with Gasteiger partial charge in [0.2, 0.25) is 5.95 Å². The van der Waals surface area contributed by atoms with Crippen molar-refractivity contribution >= 4 is 40.4 Å². The van der Waals surface area contributed by atoms with Gasteiger partial charge >= 0.3 is 23.5 Å². The lowest BCUT2D eigenvalue weighted by Crippen LogP contribution is -2.47. The van der Waals surface area contributed by atoms with Crippen molar-refractivity contribution in [3.8, 4) is 11.8 Å². The number of phosphoric ester groups is 1. The van der Waals surface area contributed by atoms with Crippen molar-refractivity contribution < 1.29 is 65.8 Å². The molecule has 1 fully saturated rings. The van der Waals surface area contributed by atoms with E-state index in [1.165, 1.54) is 6.92 Å². The van der Waals surface area contributed by atoms with Gasteiger partial charge in [-0.3, -0.25) is 18.9 Å². The van der Waals surface area contributed by atoms with Crippen LogP contribution in [0.4, 0.5) is 10.3 Å². The highest BCUT2D eigenvalue weighted by atomic mass is 31.3. The molecule has 3 heterocycles. The first-order valence-corrected chi connectivity index (χ1v) is 14.2. The van der Waals surface area contributed by atoms with Gasteiger partial charge in [0.05, 0.1) is 6.10 Å². The number of aliphatic hydroxyl groups excluding tert-OH is 1. The third-order valence-corrected chi connectivity index (χ3v) is 8.76. The van der Waals surface area contributed by atoms with E-state index in [0.29, 0.717) is 6.20 Å². The second-order valence-corrected chi connectivity index (χ2v) is 11.9. The quantitative estimate of drug-likeness (QED) is 0.137. The van der Waals surface area contributed by atoms with Crippen LogP contribution in [0.25, 0.3) is 11.0 Å². The molecule has 3 unspecified atom stereocenters. The molecule has 7 atom stereocenters. The SMILES string of the molecule is CC#CC1(O)[C@@H](O)[C@@H]([C@H](C)OP(=O)(O)OP(=O)(O)OP(=O)(O)O)O[C@H]1n1cc(F)c2c(=O)[nH]c(N)nc21. The number of aliphatic hydroxyl groups is 2. The molecule has 2 aromatic heterocycles. The van der Waals surface area contributed by atoms with E-state index in [-0.39, 0.29) is 0 Å². The molecule has 37 heavy (non-hydrogen) atoms. The molecule has 0 radical (unpaired) electrons. The van der Waals surface area contributed by atoms with Crippen molar-refractivity contribution in [1.82, 2.24) is 14.5 Å². The lowest BCUT2D eigenvalue weighted by Gasteiger charge is -2.27. The number of aromatic amines is 1. The number of ether oxygens (including phenoxy) is 1. The summed E-state index contributed by atoms with van der Waals surface area (Å²) in [7, 11) is -17.1. The minimum Gasteiger partial charge on any atom is -0.386 e. The Morgan fingerprint density at radius 2 is 1.89 bits per heavy atom. The Hall–Kier alpha value is -2.00. The highest BCUT2D eigenvalue weighted by Crippen LogP contribution is 2.66. The molecule has 18 nitrogen and oxygen atoms in total. The molecule has 0 aliphatic carbocycles. The molecule has 9 N–H and O–H groups in total. The van der Waals surface area contributed by atoms with Crippen LogP contribution in [0.1, 0.15) is 20.1 Å². The Balaban J connectivity index is 1.96. The molecule has 0 saturated carbocycles. The van der Waals surface area contributed by atoms with Crippen molar-refractivity contribution in [2.45, 2.75) is 44.0 Å². The van der Waals surface area contributed by atoms with Crippen LogP contribution in [-0.2, 0) is 31.6 Å². The molecule has 22 heteroatoms. The number of hydrogen-bond acceptors (Lipinski definition) is 12. The number of rotatable bonds is 8. The third-order valence-electron chi connectivity index (χ3n) is 4.84. The van der Waals surface area contributed by atoms with Crippen LogP contribution in [0.3, 0.4) is 0 Å². The monoisotopic (exact) mass is 592 g/mol. The van der Waals surface area contributed by atoms with Gasteiger partial charge in [-0.15, -0.1) is 5.92 Å². The van der Waals surface area contributed by atoms with Crippen LogP contribution in [0.2, 0.25) is 0 Å². The first-order valence-electron chi connectivity index (χ1n) is 9.68. The van der Waals surface area contributed by atoms with Gasteiger partial charge in [-0.1, -0.05) is 5.92 Å². The maximum absolute atomic E-state index is 14.6. The molecule has 1 aliphatic rings. The predicted octanol–water partition coefficient (Wildman–Crippen LogP) is -0.810. The van der Waals surface area contributed by atoms with Crippen molar-refractivity contribution in [2.75, 3.05) is 5.73 Å². The van der Waals surface area contributed by atoms with Crippen molar-refractivity contribution in [1.29, 1.82) is 0 Å². The van der Waals surface area contributed by atoms with Crippen LogP contribution < -0.4 is 11.3 Å². The number of anilines is 1. The highest BCUT2D eigenvalue weighted by molar-refractivity contribution is 7.66. The van der Waals surface area contributed by atoms with E-state index in [1.807, 2.05) is 0 Å². The summed E-state index contributed by atoms with van der Waals surface area (Å²) < 4.78 is 67.3. The number of phosphoric acid groups is 3. The summed E-state index contributed by atoms with van der Waals surface area (Å²) in [6, 6.07) is 0. The van der Waals surface area contributed by atoms with Gasteiger partial charge in [-0.2, -0.15) is 13.6 Å². The van der Waals surface area contributed by atoms with Gasteiger partial charge in [0.15, 0.2) is 23.3 Å². The Morgan fingerprint density at radius 3 is 2.46 bits per heavy atom. The van der Waals surface area contributed by atoms with Crippen LogP contribution in [0.15, 0.2) is 11.0 Å². The lowest BCUT2D eigenvalue weighted by atomic mass is 9.93. The molecular weight excluding hydrogens is 572 g/mol. The van der Waals surface area contributed by atoms with Crippen molar-refractivity contribution in [3.05, 3.63) is 22.4 Å². The fourth-order valence-electron chi connectivity index (χ4n) is 3.58. The zero-order chi connectivity index (χ0) is 28.1. The topological polar surface area (TPSA) is 286 Å². The van der Waals surface area contributed by atoms with E-state index in [9.17, 15) is 42.9 Å². The number of fused-ring (bicyclic) bond motifs is 1. The number of H-pyrrole nitrogens is 1. The standard InChI is InChI=1S/C15H20FN4O14P3/c1-3-4-15(23)10(21)9(6(2)32-36(27,28)34-37(29,30)33-35(24,25)26)31-13(15)20-5-7(16)8-11(20)18-14(17)19-12(8)22/h5-6,9-10,13,21,23H,1-2H3,(H,27,28)(H,29,30)(H2,24,25,26)(H3,17,18,19,22)/t6-,9+,10-,13+,15?/m0/s1. The Morgan fingerprint density at radius 1 is 1.27 bits per heavy atom. The zero-order valence-corrected chi connectivity index (χ0v) is 21.2. The highest BCUT2D eigenvalue weighted by Gasteiger charge is 2.58. The van der Waals surface area contributed by atoms with Gasteiger partial charge in [-0.25, -0.2) is 18.1 Å². The number of aromatic nitrogens is 3. The molecule has 1 saturated heterocycles. The average Bonchev–Trinajstić information content (AvgIpc) is 3.13. The second kappa shape index (κ2) is 9.95. The molecule has 2 aromatic rings. The molecule has 3 rings (SSSR count). The zero-order valence-electron chi connectivity index (χ0n) is 18.5. The number of halogens is 1. The normalized spacial score (nSPS) is 28.3. The fraction of sp³-hybridized carbons (Fsp3) is 0.467. The van der Waals surface area contributed by atoms with Gasteiger partial charge < -0.3 is 40.3 Å². The number of nitrogen functional groups attached to an aromatic ring is 1. The van der Waals surface area contributed by atoms with Gasteiger partial charge in [-0.05, 0) is 13.8 Å². The third kappa shape index (κ3) is 6.19. The van der Waals surface area contributed by atoms with Crippen LogP contribution in [0, 0.1) is 17.7 Å². The summed E-state index contributed by atoms with van der Waals surface area (Å²) in [5, 5.41) is 21.4. The molecular formula is C15H20FN4O14P3. The van der Waals surface area contributed by atoms with E-state index < -0.39 is 82.0 Å². The lowest BCUT2D eigenvalue weighted by molar-refractivity contribution is -0.0831. The Labute approximate surface area is 205 Å². The predicted molar refractivity (Wildman–Crippen MR) is 117 cm³/mol. The number of nitrogens with zero attached hydrogens (tertiary/aromatic N) is 2. The van der Waals surface area contributed by atoms with Crippen LogP contribution in [0.5, 0.6) is 0 Å². The Kier molecular flexibility index (Phi) is 7.95. The van der Waals surface area contributed by atoms with E-state index in [2.05, 4.69) is 35.0 Å². The molecule has 206 valence electrons. The molecule has 0 bridgehead atoms. The number of nitrogens with one attached hydrogen (secondary N) is 1. The van der Waals surface area contributed by atoms with Gasteiger partial charge in [0.25, 0.3) is 5.56 Å². The van der Waals surface area contributed by atoms with Crippen LogP contribution in [-0.4, -0.2) is 68.2 Å². The molecule has 0 spiro atoms. The summed E-state index contributed by atoms with van der Waals surface area (Å²) in [6.45, 7) is 2.24. The second-order valence-electron chi connectivity index (χ2n) is 7.53. The van der Waals surface area contributed by atoms with E-state index in [1.54, 1.807) is 0 Å². The maximum Gasteiger partial charge on any atom is 0.490 e. The van der Waals surface area contributed by atoms with Crippen molar-refractivity contribution in [3.63, 3.8) is 0 Å². The van der Waals surface area contributed by atoms with E-state index >= 15 is 0 Å². The summed E-state index contributed by atoms with van der Waals surface area (Å²) in [5.74, 6) is 3.05. The van der Waals surface area contributed by atoms with E-state index in [0.717, 1.165) is 11.5 Å². The maximum atomic E-state index is 14.6. The summed E-state index contributed by atoms with van der Waals surface area (Å²) >= 11 is 0. The van der Waals surface area contributed by atoms with Crippen molar-refractivity contribution in [2.24, 2.45) is 0 Å². The number of hydrogen-bond donors (Lipinski definition) is 8. The van der Waals surface area contributed by atoms with E-state index in [4.69, 9.17) is 20.3 Å². The minimum absolute atomic E-state index is 0.423. The smallest absolute Gasteiger partial charge is 0.386 e. The average molecular weight is 592 g/mol. The summed E-state index contributed by atoms with van der Waals surface area (Å²) in [4.78, 5) is 54.3. The first-order chi connectivity index (χ1) is 16.8. The largest absolute Gasteiger partial charge is 0.490 e. The molecule has 1 aliphatic heterocycles. The van der Waals surface area contributed by atoms with Crippen LogP contribution >= 0.6 is 23.5 Å². The minimum atomic E-state index is -5.84. The fourth-order valence-corrected chi connectivity index (χ4v) is 6.78. The molecule has 0 aromatic carbocycles. The van der Waals surface area contributed by atoms with Gasteiger partial charge in [0.1, 0.15) is 17.6 Å². The first kappa shape index (κ1) is 29.6. The molecule has 0 amide bonds.